The van der Waals surface area contributed by atoms with Crippen molar-refractivity contribution in [2.45, 2.75) is 25.8 Å². The Kier molecular flexibility index (Phi) is 3.64. The molecule has 0 aromatic carbocycles. The maximum Gasteiger partial charge on any atom is 0.376 e. The minimum Gasteiger partial charge on any atom is -0.480 e. The van der Waals surface area contributed by atoms with E-state index >= 15 is 0 Å². The van der Waals surface area contributed by atoms with Crippen LogP contribution < -0.4 is 5.32 Å². The molecule has 1 aliphatic carbocycles. The average molecular weight is 265 g/mol. The van der Waals surface area contributed by atoms with Crippen molar-refractivity contribution in [1.82, 2.24) is 9.97 Å². The molecule has 19 heavy (non-hydrogen) atoms. The highest BCUT2D eigenvalue weighted by molar-refractivity contribution is 5.85. The van der Waals surface area contributed by atoms with Crippen molar-refractivity contribution in [1.29, 1.82) is 0 Å². The highest BCUT2D eigenvalue weighted by Gasteiger charge is 2.36. The van der Waals surface area contributed by atoms with E-state index in [0.29, 0.717) is 11.5 Å². The van der Waals surface area contributed by atoms with Crippen LogP contribution in [0, 0.1) is 12.8 Å². The molecule has 0 aliphatic heterocycles. The number of hydrogen-bond acceptors (Lipinski definition) is 6. The number of nitrogens with one attached hydrogen (secondary N) is 1. The van der Waals surface area contributed by atoms with Gasteiger partial charge in [0.25, 0.3) is 0 Å². The summed E-state index contributed by atoms with van der Waals surface area (Å²) in [6.45, 7) is 1.70. The summed E-state index contributed by atoms with van der Waals surface area (Å²) in [7, 11) is 1.24. The largest absolute Gasteiger partial charge is 0.480 e. The number of methoxy groups -OCH3 is 1. The standard InChI is InChI=1S/C12H15N3O4/c1-6-5-8(15-10(13-6)12(18)19-2)14-9(11(16)17)7-3-4-7/h5,7,9H,3-4H2,1-2H3,(H,16,17)(H,13,14,15). The molecular formula is C12H15N3O4. The second-order valence-corrected chi connectivity index (χ2v) is 4.51. The molecule has 2 rings (SSSR count). The van der Waals surface area contributed by atoms with Crippen LogP contribution in [0.4, 0.5) is 5.82 Å². The topological polar surface area (TPSA) is 101 Å². The van der Waals surface area contributed by atoms with Crippen molar-refractivity contribution >= 4 is 17.8 Å². The van der Waals surface area contributed by atoms with Crippen molar-refractivity contribution in [2.75, 3.05) is 12.4 Å². The number of rotatable bonds is 5. The summed E-state index contributed by atoms with van der Waals surface area (Å²) in [5, 5.41) is 12.0. The zero-order valence-electron chi connectivity index (χ0n) is 10.7. The molecule has 0 spiro atoms. The summed E-state index contributed by atoms with van der Waals surface area (Å²) in [4.78, 5) is 30.5. The smallest absolute Gasteiger partial charge is 0.376 e. The van der Waals surface area contributed by atoms with Gasteiger partial charge >= 0.3 is 11.9 Å². The second kappa shape index (κ2) is 5.21. The van der Waals surface area contributed by atoms with E-state index in [-0.39, 0.29) is 11.7 Å². The Bertz CT molecular complexity index is 514. The molecule has 1 aliphatic rings. The molecule has 1 aromatic heterocycles. The van der Waals surface area contributed by atoms with Gasteiger partial charge < -0.3 is 15.2 Å². The molecule has 0 saturated heterocycles. The molecular weight excluding hydrogens is 250 g/mol. The molecule has 7 nitrogen and oxygen atoms in total. The lowest BCUT2D eigenvalue weighted by molar-refractivity contribution is -0.138. The number of carbonyl (C=O) groups excluding carboxylic acids is 1. The van der Waals surface area contributed by atoms with Gasteiger partial charge in [0, 0.05) is 11.8 Å². The number of anilines is 1. The zero-order chi connectivity index (χ0) is 14.0. The predicted octanol–water partition coefficient (Wildman–Crippen LogP) is 0.847. The lowest BCUT2D eigenvalue weighted by atomic mass is 10.2. The number of aryl methyl sites for hydroxylation is 1. The van der Waals surface area contributed by atoms with Crippen LogP contribution in [-0.4, -0.2) is 40.2 Å². The minimum absolute atomic E-state index is 0.0788. The third-order valence-electron chi connectivity index (χ3n) is 2.89. The van der Waals surface area contributed by atoms with Crippen LogP contribution in [0.5, 0.6) is 0 Å². The molecule has 1 fully saturated rings. The SMILES string of the molecule is COC(=O)c1nc(C)cc(NC(C(=O)O)C2CC2)n1. The average Bonchev–Trinajstić information content (AvgIpc) is 3.18. The Labute approximate surface area is 110 Å². The van der Waals surface area contributed by atoms with E-state index < -0.39 is 18.0 Å². The fourth-order valence-electron chi connectivity index (χ4n) is 1.80. The van der Waals surface area contributed by atoms with E-state index in [0.717, 1.165) is 12.8 Å². The number of carboxylic acids is 1. The van der Waals surface area contributed by atoms with Crippen molar-refractivity contribution < 1.29 is 19.4 Å². The number of carboxylic acid groups (broad SMARTS) is 1. The van der Waals surface area contributed by atoms with Crippen LogP contribution in [-0.2, 0) is 9.53 Å². The van der Waals surface area contributed by atoms with Gasteiger partial charge in [-0.1, -0.05) is 0 Å². The highest BCUT2D eigenvalue weighted by Crippen LogP contribution is 2.34. The third kappa shape index (κ3) is 3.18. The normalized spacial score (nSPS) is 15.7. The van der Waals surface area contributed by atoms with Gasteiger partial charge in [-0.3, -0.25) is 0 Å². The van der Waals surface area contributed by atoms with Gasteiger partial charge in [0.15, 0.2) is 0 Å². The number of hydrogen-bond donors (Lipinski definition) is 2. The van der Waals surface area contributed by atoms with Gasteiger partial charge in [0.1, 0.15) is 11.9 Å². The summed E-state index contributed by atoms with van der Waals surface area (Å²) < 4.78 is 4.55. The number of nitrogens with zero attached hydrogens (tertiary/aromatic N) is 2. The molecule has 0 amide bonds. The lowest BCUT2D eigenvalue weighted by Crippen LogP contribution is -2.32. The summed E-state index contributed by atoms with van der Waals surface area (Å²) in [5.74, 6) is -1.20. The Morgan fingerprint density at radius 1 is 1.47 bits per heavy atom. The molecule has 0 radical (unpaired) electrons. The Morgan fingerprint density at radius 2 is 2.16 bits per heavy atom. The van der Waals surface area contributed by atoms with Crippen LogP contribution in [0.15, 0.2) is 6.07 Å². The molecule has 2 N–H and O–H groups in total. The monoisotopic (exact) mass is 265 g/mol. The van der Waals surface area contributed by atoms with E-state index in [1.165, 1.54) is 7.11 Å². The molecule has 7 heteroatoms. The minimum atomic E-state index is -0.918. The maximum atomic E-state index is 11.4. The Balaban J connectivity index is 2.21. The fourth-order valence-corrected chi connectivity index (χ4v) is 1.80. The maximum absolute atomic E-state index is 11.4. The van der Waals surface area contributed by atoms with Gasteiger partial charge in [-0.25, -0.2) is 19.6 Å². The van der Waals surface area contributed by atoms with Gasteiger partial charge in [-0.15, -0.1) is 0 Å². The van der Waals surface area contributed by atoms with E-state index in [4.69, 9.17) is 5.11 Å². The Hall–Kier alpha value is -2.18. The first-order valence-corrected chi connectivity index (χ1v) is 5.94. The fraction of sp³-hybridized carbons (Fsp3) is 0.500. The number of carbonyl (C=O) groups is 2. The molecule has 102 valence electrons. The van der Waals surface area contributed by atoms with Gasteiger partial charge in [0.2, 0.25) is 5.82 Å². The third-order valence-corrected chi connectivity index (χ3v) is 2.89. The van der Waals surface area contributed by atoms with E-state index in [2.05, 4.69) is 20.0 Å². The van der Waals surface area contributed by atoms with Crippen LogP contribution >= 0.6 is 0 Å². The molecule has 1 aromatic rings. The van der Waals surface area contributed by atoms with E-state index in [1.54, 1.807) is 13.0 Å². The first-order chi connectivity index (χ1) is 9.01. The number of esters is 1. The molecule has 0 bridgehead atoms. The van der Waals surface area contributed by atoms with Gasteiger partial charge in [0.05, 0.1) is 7.11 Å². The van der Waals surface area contributed by atoms with Crippen LogP contribution in [0.2, 0.25) is 0 Å². The molecule has 1 atom stereocenters. The first kappa shape index (κ1) is 13.3. The molecule has 1 unspecified atom stereocenters. The van der Waals surface area contributed by atoms with Crippen LogP contribution in [0.25, 0.3) is 0 Å². The van der Waals surface area contributed by atoms with Gasteiger partial charge in [-0.05, 0) is 25.7 Å². The van der Waals surface area contributed by atoms with Crippen molar-refractivity contribution in [3.05, 3.63) is 17.6 Å². The predicted molar refractivity (Wildman–Crippen MR) is 65.9 cm³/mol. The summed E-state index contributed by atoms with van der Waals surface area (Å²) in [6, 6.07) is 0.921. The van der Waals surface area contributed by atoms with E-state index in [9.17, 15) is 9.59 Å². The first-order valence-electron chi connectivity index (χ1n) is 5.94. The molecule has 1 heterocycles. The van der Waals surface area contributed by atoms with Crippen LogP contribution in [0.3, 0.4) is 0 Å². The summed E-state index contributed by atoms with van der Waals surface area (Å²) >= 11 is 0. The number of aliphatic carboxylic acids is 1. The van der Waals surface area contributed by atoms with E-state index in [1.807, 2.05) is 0 Å². The lowest BCUT2D eigenvalue weighted by Gasteiger charge is -2.14. The summed E-state index contributed by atoms with van der Waals surface area (Å²) in [6.07, 6.45) is 1.77. The van der Waals surface area contributed by atoms with Crippen molar-refractivity contribution in [3.8, 4) is 0 Å². The zero-order valence-corrected chi connectivity index (χ0v) is 10.7. The second-order valence-electron chi connectivity index (χ2n) is 4.51. The summed E-state index contributed by atoms with van der Waals surface area (Å²) in [5.41, 5.74) is 0.567. The molecule has 1 saturated carbocycles. The highest BCUT2D eigenvalue weighted by atomic mass is 16.5. The van der Waals surface area contributed by atoms with Crippen molar-refractivity contribution in [3.63, 3.8) is 0 Å². The quantitative estimate of drug-likeness (QED) is 0.761. The number of aromatic nitrogens is 2. The number of ether oxygens (including phenoxy) is 1. The van der Waals surface area contributed by atoms with Crippen LogP contribution in [0.1, 0.15) is 29.2 Å². The van der Waals surface area contributed by atoms with Gasteiger partial charge in [-0.2, -0.15) is 0 Å². The van der Waals surface area contributed by atoms with Crippen molar-refractivity contribution in [2.24, 2.45) is 5.92 Å². The Morgan fingerprint density at radius 3 is 2.68 bits per heavy atom.